The highest BCUT2D eigenvalue weighted by Gasteiger charge is 2.28. The second-order valence-electron chi connectivity index (χ2n) is 8.69. The molecule has 0 saturated heterocycles. The molecular formula is C26H27ClFN3O4S. The third-order valence-electron chi connectivity index (χ3n) is 5.32. The number of hydrogen-bond acceptors (Lipinski definition) is 7. The first-order valence-electron chi connectivity index (χ1n) is 11.1. The summed E-state index contributed by atoms with van der Waals surface area (Å²) in [5.74, 6) is 0.686. The molecule has 0 unspecified atom stereocenters. The number of aliphatic carboxylic acids is 1. The van der Waals surface area contributed by atoms with E-state index in [1.807, 2.05) is 36.4 Å². The van der Waals surface area contributed by atoms with E-state index in [1.165, 1.54) is 23.9 Å². The molecule has 0 bridgehead atoms. The van der Waals surface area contributed by atoms with E-state index in [9.17, 15) is 14.3 Å². The molecule has 10 heteroatoms. The minimum Gasteiger partial charge on any atom is -0.480 e. The van der Waals surface area contributed by atoms with E-state index >= 15 is 0 Å². The number of aromatic nitrogens is 2. The lowest BCUT2D eigenvalue weighted by Crippen LogP contribution is -2.26. The van der Waals surface area contributed by atoms with Crippen LogP contribution >= 0.6 is 24.2 Å². The second kappa shape index (κ2) is 12.2. The zero-order valence-electron chi connectivity index (χ0n) is 19.9. The van der Waals surface area contributed by atoms with E-state index in [0.717, 1.165) is 21.8 Å². The standard InChI is InChI=1S/C26H26FN3O4S.ClH/c1-26(2,25(31)32)35-22-11-7-19(8-12-22)15-30(16-21-4-3-13-33-21)17-24-28-23(29-34-24)14-18-5-9-20(27)10-6-18;/h3-13H,14-17H2,1-2H3,(H,31,32);1H. The van der Waals surface area contributed by atoms with Gasteiger partial charge in [0.05, 0.1) is 19.4 Å². The first-order valence-corrected chi connectivity index (χ1v) is 11.9. The Bertz CT molecular complexity index is 1250. The highest BCUT2D eigenvalue weighted by Crippen LogP contribution is 2.32. The van der Waals surface area contributed by atoms with Gasteiger partial charge in [0.15, 0.2) is 5.82 Å². The molecule has 7 nitrogen and oxygen atoms in total. The van der Waals surface area contributed by atoms with Gasteiger partial charge in [-0.3, -0.25) is 9.69 Å². The van der Waals surface area contributed by atoms with Crippen molar-refractivity contribution >= 4 is 30.1 Å². The summed E-state index contributed by atoms with van der Waals surface area (Å²) in [7, 11) is 0. The zero-order chi connectivity index (χ0) is 24.8. The molecule has 0 aliphatic carbocycles. The van der Waals surface area contributed by atoms with Crippen LogP contribution in [-0.2, 0) is 30.8 Å². The lowest BCUT2D eigenvalue weighted by Gasteiger charge is -2.20. The normalized spacial score (nSPS) is 11.4. The molecule has 4 rings (SSSR count). The molecule has 0 fully saturated rings. The molecule has 190 valence electrons. The SMILES string of the molecule is CC(C)(Sc1ccc(CN(Cc2ccco2)Cc2nc(Cc3ccc(F)cc3)no2)cc1)C(=O)O.Cl. The maximum atomic E-state index is 13.1. The summed E-state index contributed by atoms with van der Waals surface area (Å²) >= 11 is 1.31. The predicted octanol–water partition coefficient (Wildman–Crippen LogP) is 5.97. The Balaban J connectivity index is 0.00000361. The van der Waals surface area contributed by atoms with Gasteiger partial charge >= 0.3 is 5.97 Å². The topological polar surface area (TPSA) is 92.6 Å². The van der Waals surface area contributed by atoms with E-state index in [-0.39, 0.29) is 18.2 Å². The van der Waals surface area contributed by atoms with Crippen molar-refractivity contribution in [1.29, 1.82) is 0 Å². The molecule has 2 aromatic heterocycles. The molecule has 4 aromatic rings. The van der Waals surface area contributed by atoms with E-state index in [1.54, 1.807) is 32.2 Å². The van der Waals surface area contributed by atoms with Crippen molar-refractivity contribution in [2.24, 2.45) is 0 Å². The monoisotopic (exact) mass is 531 g/mol. The maximum Gasteiger partial charge on any atom is 0.319 e. The van der Waals surface area contributed by atoms with Gasteiger partial charge in [0.25, 0.3) is 0 Å². The van der Waals surface area contributed by atoms with E-state index in [2.05, 4.69) is 15.0 Å². The van der Waals surface area contributed by atoms with Crippen LogP contribution < -0.4 is 0 Å². The average Bonchev–Trinajstić information content (AvgIpc) is 3.48. The van der Waals surface area contributed by atoms with Crippen LogP contribution in [0.15, 0.2) is 80.8 Å². The second-order valence-corrected chi connectivity index (χ2v) is 10.4. The number of carboxylic acid groups (broad SMARTS) is 1. The highest BCUT2D eigenvalue weighted by molar-refractivity contribution is 8.01. The summed E-state index contributed by atoms with van der Waals surface area (Å²) in [6.45, 7) is 4.94. The number of benzene rings is 2. The summed E-state index contributed by atoms with van der Waals surface area (Å²) in [4.78, 5) is 18.9. The van der Waals surface area contributed by atoms with Gasteiger partial charge in [-0.15, -0.1) is 24.2 Å². The van der Waals surface area contributed by atoms with Gasteiger partial charge in [0.2, 0.25) is 5.89 Å². The number of thioether (sulfide) groups is 1. The largest absolute Gasteiger partial charge is 0.480 e. The molecule has 2 heterocycles. The predicted molar refractivity (Wildman–Crippen MR) is 136 cm³/mol. The molecule has 36 heavy (non-hydrogen) atoms. The molecule has 0 radical (unpaired) electrons. The summed E-state index contributed by atoms with van der Waals surface area (Å²) in [5.41, 5.74) is 1.95. The number of hydrogen-bond donors (Lipinski definition) is 1. The highest BCUT2D eigenvalue weighted by atomic mass is 35.5. The third kappa shape index (κ3) is 7.68. The number of carbonyl (C=O) groups is 1. The molecule has 0 aliphatic heterocycles. The molecule has 0 aliphatic rings. The van der Waals surface area contributed by atoms with Crippen LogP contribution in [-0.4, -0.2) is 30.9 Å². The van der Waals surface area contributed by atoms with Crippen LogP contribution in [0.4, 0.5) is 4.39 Å². The van der Waals surface area contributed by atoms with Crippen LogP contribution in [0.25, 0.3) is 0 Å². The van der Waals surface area contributed by atoms with Crippen molar-refractivity contribution < 1.29 is 23.2 Å². The summed E-state index contributed by atoms with van der Waals surface area (Å²) in [6.07, 6.45) is 2.09. The number of carboxylic acids is 1. The van der Waals surface area contributed by atoms with Crippen LogP contribution in [0, 0.1) is 5.82 Å². The number of halogens is 2. The Morgan fingerprint density at radius 1 is 1.03 bits per heavy atom. The molecule has 2 aromatic carbocycles. The lowest BCUT2D eigenvalue weighted by atomic mass is 10.1. The van der Waals surface area contributed by atoms with Gasteiger partial charge in [0, 0.05) is 17.9 Å². The fraction of sp³-hybridized carbons (Fsp3) is 0.269. The first kappa shape index (κ1) is 27.4. The van der Waals surface area contributed by atoms with E-state index < -0.39 is 10.7 Å². The van der Waals surface area contributed by atoms with E-state index in [4.69, 9.17) is 8.94 Å². The Morgan fingerprint density at radius 2 is 1.72 bits per heavy atom. The first-order chi connectivity index (χ1) is 16.8. The van der Waals surface area contributed by atoms with Gasteiger partial charge in [-0.2, -0.15) is 4.98 Å². The maximum absolute atomic E-state index is 13.1. The summed E-state index contributed by atoms with van der Waals surface area (Å²) in [6, 6.07) is 17.8. The Kier molecular flexibility index (Phi) is 9.31. The van der Waals surface area contributed by atoms with Crippen LogP contribution in [0.3, 0.4) is 0 Å². The Hall–Kier alpha value is -3.14. The molecule has 1 N–H and O–H groups in total. The van der Waals surface area contributed by atoms with Crippen molar-refractivity contribution in [3.05, 3.63) is 101 Å². The third-order valence-corrected chi connectivity index (χ3v) is 6.51. The Morgan fingerprint density at radius 3 is 2.36 bits per heavy atom. The van der Waals surface area contributed by atoms with Crippen molar-refractivity contribution in [2.45, 2.75) is 49.5 Å². The van der Waals surface area contributed by atoms with Gasteiger partial charge in [-0.05, 0) is 61.4 Å². The average molecular weight is 532 g/mol. The smallest absolute Gasteiger partial charge is 0.319 e. The van der Waals surface area contributed by atoms with Gasteiger partial charge in [-0.1, -0.05) is 29.4 Å². The van der Waals surface area contributed by atoms with Crippen molar-refractivity contribution in [3.63, 3.8) is 0 Å². The fourth-order valence-electron chi connectivity index (χ4n) is 3.45. The number of nitrogens with zero attached hydrogens (tertiary/aromatic N) is 3. The van der Waals surface area contributed by atoms with Gasteiger partial charge < -0.3 is 14.0 Å². The molecule has 0 saturated carbocycles. The van der Waals surface area contributed by atoms with Crippen LogP contribution in [0.2, 0.25) is 0 Å². The number of rotatable bonds is 11. The van der Waals surface area contributed by atoms with Gasteiger partial charge in [0.1, 0.15) is 16.3 Å². The minimum atomic E-state index is -0.906. The Labute approximate surface area is 219 Å². The molecule has 0 amide bonds. The summed E-state index contributed by atoms with van der Waals surface area (Å²) < 4.78 is 23.2. The van der Waals surface area contributed by atoms with Crippen molar-refractivity contribution in [2.75, 3.05) is 0 Å². The van der Waals surface area contributed by atoms with Crippen LogP contribution in [0.1, 0.15) is 42.4 Å². The fourth-order valence-corrected chi connectivity index (χ4v) is 4.40. The minimum absolute atomic E-state index is 0. The molecular weight excluding hydrogens is 505 g/mol. The number of furan rings is 1. The lowest BCUT2D eigenvalue weighted by molar-refractivity contribution is -0.138. The molecule has 0 spiro atoms. The molecule has 0 atom stereocenters. The van der Waals surface area contributed by atoms with Crippen molar-refractivity contribution in [1.82, 2.24) is 15.0 Å². The van der Waals surface area contributed by atoms with Crippen LogP contribution in [0.5, 0.6) is 0 Å². The zero-order valence-corrected chi connectivity index (χ0v) is 21.5. The summed E-state index contributed by atoms with van der Waals surface area (Å²) in [5, 5.41) is 13.4. The quantitative estimate of drug-likeness (QED) is 0.236. The van der Waals surface area contributed by atoms with E-state index in [0.29, 0.717) is 37.8 Å². The van der Waals surface area contributed by atoms with Gasteiger partial charge in [-0.25, -0.2) is 4.39 Å². The van der Waals surface area contributed by atoms with Crippen molar-refractivity contribution in [3.8, 4) is 0 Å².